The van der Waals surface area contributed by atoms with Crippen molar-refractivity contribution in [2.45, 2.75) is 24.4 Å². The van der Waals surface area contributed by atoms with Gasteiger partial charge in [-0.05, 0) is 22.8 Å². The van der Waals surface area contributed by atoms with Crippen molar-refractivity contribution in [1.29, 1.82) is 0 Å². The van der Waals surface area contributed by atoms with Crippen LogP contribution in [0.4, 0.5) is 0 Å². The molecule has 2 aliphatic rings. The number of benzene rings is 1. The quantitative estimate of drug-likeness (QED) is 0.630. The Bertz CT molecular complexity index is 946. The molecule has 0 saturated carbocycles. The van der Waals surface area contributed by atoms with E-state index in [1.807, 2.05) is 30.3 Å². The van der Waals surface area contributed by atoms with Crippen LogP contribution in [0.25, 0.3) is 0 Å². The molecule has 1 aromatic heterocycles. The summed E-state index contributed by atoms with van der Waals surface area (Å²) in [7, 11) is 0. The minimum absolute atomic E-state index is 0.0149. The van der Waals surface area contributed by atoms with Crippen LogP contribution in [0, 0.1) is 0 Å². The monoisotopic (exact) mass is 400 g/mol. The zero-order valence-electron chi connectivity index (χ0n) is 14.6. The highest BCUT2D eigenvalue weighted by Crippen LogP contribution is 2.41. The first kappa shape index (κ1) is 18.2. The molecule has 2 amide bonds. The maximum atomic E-state index is 12.6. The zero-order chi connectivity index (χ0) is 19.7. The van der Waals surface area contributed by atoms with Crippen molar-refractivity contribution in [2.24, 2.45) is 0 Å². The van der Waals surface area contributed by atoms with Crippen LogP contribution < -0.4 is 5.32 Å². The molecule has 2 aromatic rings. The van der Waals surface area contributed by atoms with Crippen LogP contribution >= 0.6 is 11.8 Å². The van der Waals surface area contributed by atoms with E-state index >= 15 is 0 Å². The second-order valence-corrected chi connectivity index (χ2v) is 7.45. The number of carbonyl (C=O) groups excluding carboxylic acids is 2. The first-order valence-corrected chi connectivity index (χ1v) is 9.53. The van der Waals surface area contributed by atoms with E-state index in [0.717, 1.165) is 10.4 Å². The third-order valence-electron chi connectivity index (χ3n) is 4.50. The molecular weight excluding hydrogens is 384 g/mol. The Labute approximate surface area is 163 Å². The predicted octanol–water partition coefficient (Wildman–Crippen LogP) is -0.346. The van der Waals surface area contributed by atoms with Gasteiger partial charge in [0.2, 0.25) is 5.91 Å². The second kappa shape index (κ2) is 7.43. The Morgan fingerprint density at radius 3 is 2.75 bits per heavy atom. The van der Waals surface area contributed by atoms with E-state index in [-0.39, 0.29) is 12.2 Å². The van der Waals surface area contributed by atoms with Gasteiger partial charge in [0.25, 0.3) is 5.91 Å². The van der Waals surface area contributed by atoms with Gasteiger partial charge >= 0.3 is 5.97 Å². The van der Waals surface area contributed by atoms with Crippen LogP contribution in [0.3, 0.4) is 0 Å². The normalized spacial score (nSPS) is 21.1. The predicted molar refractivity (Wildman–Crippen MR) is 97.6 cm³/mol. The van der Waals surface area contributed by atoms with E-state index in [9.17, 15) is 19.5 Å². The molecular formula is C17H16N6O4S. The molecule has 0 bridgehead atoms. The highest BCUT2D eigenvalue weighted by atomic mass is 32.2. The van der Waals surface area contributed by atoms with E-state index < -0.39 is 29.2 Å². The van der Waals surface area contributed by atoms with Gasteiger partial charge in [0.1, 0.15) is 23.7 Å². The summed E-state index contributed by atoms with van der Waals surface area (Å²) in [5, 5.41) is 22.7. The minimum atomic E-state index is -1.14. The number of β-lactam (4-membered cyclic amide) rings is 1. The molecule has 0 spiro atoms. The fourth-order valence-corrected chi connectivity index (χ4v) is 4.62. The standard InChI is InChI=1S/C17H16N6O4S/c24-12(7-22-19-9-18-21-22)20-13-15(25)23-14(17(26)27)11(8-28-16(13)23)6-10-4-2-1-3-5-10/h1-5,9,13,16H,6-8H2,(H,20,24)(H,26,27)/t13-,16-/m1/s1. The van der Waals surface area contributed by atoms with Gasteiger partial charge in [-0.15, -0.1) is 22.0 Å². The van der Waals surface area contributed by atoms with Gasteiger partial charge in [-0.3, -0.25) is 14.5 Å². The molecule has 1 saturated heterocycles. The number of amides is 2. The number of hydrogen-bond donors (Lipinski definition) is 2. The summed E-state index contributed by atoms with van der Waals surface area (Å²) in [5.74, 6) is -1.53. The zero-order valence-corrected chi connectivity index (χ0v) is 15.4. The molecule has 2 aliphatic heterocycles. The summed E-state index contributed by atoms with van der Waals surface area (Å²) < 4.78 is 0. The van der Waals surface area contributed by atoms with Crippen LogP contribution in [0.1, 0.15) is 5.56 Å². The number of tetrazole rings is 1. The number of fused-ring (bicyclic) bond motifs is 1. The maximum Gasteiger partial charge on any atom is 0.352 e. The molecule has 28 heavy (non-hydrogen) atoms. The van der Waals surface area contributed by atoms with Crippen LogP contribution in [-0.2, 0) is 27.3 Å². The number of thioether (sulfide) groups is 1. The minimum Gasteiger partial charge on any atom is -0.477 e. The Morgan fingerprint density at radius 2 is 2.07 bits per heavy atom. The van der Waals surface area contributed by atoms with Crippen LogP contribution in [0.15, 0.2) is 47.9 Å². The van der Waals surface area contributed by atoms with Crippen LogP contribution in [-0.4, -0.2) is 65.2 Å². The molecule has 10 nitrogen and oxygen atoms in total. The summed E-state index contributed by atoms with van der Waals surface area (Å²) >= 11 is 1.44. The Morgan fingerprint density at radius 1 is 1.29 bits per heavy atom. The lowest BCUT2D eigenvalue weighted by atomic mass is 9.99. The average Bonchev–Trinajstić information content (AvgIpc) is 3.19. The van der Waals surface area contributed by atoms with Gasteiger partial charge in [0, 0.05) is 5.75 Å². The lowest BCUT2D eigenvalue weighted by molar-refractivity contribution is -0.150. The summed E-state index contributed by atoms with van der Waals surface area (Å²) in [4.78, 5) is 38.9. The van der Waals surface area contributed by atoms with Gasteiger partial charge in [-0.1, -0.05) is 30.3 Å². The first-order valence-electron chi connectivity index (χ1n) is 8.48. The summed E-state index contributed by atoms with van der Waals surface area (Å²) in [6.45, 7) is -0.165. The van der Waals surface area contributed by atoms with Crippen molar-refractivity contribution in [3.8, 4) is 0 Å². The van der Waals surface area contributed by atoms with Gasteiger partial charge in [-0.25, -0.2) is 4.79 Å². The molecule has 4 rings (SSSR count). The number of aromatic nitrogens is 4. The second-order valence-electron chi connectivity index (χ2n) is 6.34. The van der Waals surface area contributed by atoms with Crippen molar-refractivity contribution < 1.29 is 19.5 Å². The van der Waals surface area contributed by atoms with Crippen molar-refractivity contribution in [3.63, 3.8) is 0 Å². The smallest absolute Gasteiger partial charge is 0.352 e. The van der Waals surface area contributed by atoms with E-state index in [0.29, 0.717) is 17.7 Å². The fourth-order valence-electron chi connectivity index (χ4n) is 3.27. The first-order chi connectivity index (χ1) is 13.5. The highest BCUT2D eigenvalue weighted by Gasteiger charge is 2.54. The molecule has 2 atom stereocenters. The Kier molecular flexibility index (Phi) is 4.82. The molecule has 1 aromatic carbocycles. The highest BCUT2D eigenvalue weighted by molar-refractivity contribution is 8.00. The van der Waals surface area contributed by atoms with Crippen LogP contribution in [0.2, 0.25) is 0 Å². The van der Waals surface area contributed by atoms with Gasteiger partial charge < -0.3 is 10.4 Å². The third-order valence-corrected chi connectivity index (χ3v) is 5.84. The summed E-state index contributed by atoms with van der Waals surface area (Å²) in [5.41, 5.74) is 1.68. The fraction of sp³-hybridized carbons (Fsp3) is 0.294. The molecule has 0 unspecified atom stereocenters. The van der Waals surface area contributed by atoms with E-state index in [2.05, 4.69) is 20.7 Å². The molecule has 0 aliphatic carbocycles. The Hall–Kier alpha value is -3.21. The molecule has 3 heterocycles. The number of carbonyl (C=O) groups is 3. The number of carboxylic acids is 1. The van der Waals surface area contributed by atoms with Gasteiger partial charge in [0.05, 0.1) is 0 Å². The van der Waals surface area contributed by atoms with Crippen LogP contribution in [0.5, 0.6) is 0 Å². The number of carboxylic acid groups (broad SMARTS) is 1. The number of rotatable bonds is 6. The van der Waals surface area contributed by atoms with Crippen molar-refractivity contribution >= 4 is 29.5 Å². The molecule has 11 heteroatoms. The van der Waals surface area contributed by atoms with Crippen molar-refractivity contribution in [3.05, 3.63) is 53.5 Å². The molecule has 0 radical (unpaired) electrons. The number of hydrogen-bond acceptors (Lipinski definition) is 7. The topological polar surface area (TPSA) is 130 Å². The van der Waals surface area contributed by atoms with E-state index in [1.54, 1.807) is 0 Å². The SMILES string of the molecule is O=C(Cn1ncnn1)N[C@@H]1C(=O)N2C(C(=O)O)=C(Cc3ccccc3)CS[C@H]12. The lowest BCUT2D eigenvalue weighted by Gasteiger charge is -2.49. The number of nitrogens with one attached hydrogen (secondary N) is 1. The largest absolute Gasteiger partial charge is 0.477 e. The maximum absolute atomic E-state index is 12.6. The third kappa shape index (κ3) is 3.36. The number of aliphatic carboxylic acids is 1. The van der Waals surface area contributed by atoms with Gasteiger partial charge in [0.15, 0.2) is 6.33 Å². The van der Waals surface area contributed by atoms with Gasteiger partial charge in [-0.2, -0.15) is 4.80 Å². The lowest BCUT2D eigenvalue weighted by Crippen LogP contribution is -2.70. The molecule has 1 fully saturated rings. The van der Waals surface area contributed by atoms with E-state index in [1.165, 1.54) is 23.0 Å². The summed E-state index contributed by atoms with van der Waals surface area (Å²) in [6, 6.07) is 8.74. The van der Waals surface area contributed by atoms with E-state index in [4.69, 9.17) is 0 Å². The van der Waals surface area contributed by atoms with Crippen molar-refractivity contribution in [2.75, 3.05) is 5.75 Å². The molecule has 144 valence electrons. The Balaban J connectivity index is 1.49. The summed E-state index contributed by atoms with van der Waals surface area (Å²) in [6.07, 6.45) is 1.67. The molecule has 2 N–H and O–H groups in total. The number of nitrogens with zero attached hydrogens (tertiary/aromatic N) is 5. The van der Waals surface area contributed by atoms with Crippen molar-refractivity contribution in [1.82, 2.24) is 30.4 Å². The average molecular weight is 400 g/mol.